The molecule has 0 aliphatic carbocycles. The molecule has 0 bridgehead atoms. The third-order valence-electron chi connectivity index (χ3n) is 5.23. The fraction of sp³-hybridized carbons (Fsp3) is 0.333. The van der Waals surface area contributed by atoms with E-state index in [0.29, 0.717) is 5.56 Å². The van der Waals surface area contributed by atoms with E-state index in [0.717, 1.165) is 48.5 Å². The van der Waals surface area contributed by atoms with Crippen LogP contribution in [0.15, 0.2) is 48.5 Å². The molecule has 2 atom stereocenters. The summed E-state index contributed by atoms with van der Waals surface area (Å²) in [5, 5.41) is 9.05. The van der Waals surface area contributed by atoms with Gasteiger partial charge in [-0.15, -0.1) is 12.4 Å². The fourth-order valence-corrected chi connectivity index (χ4v) is 3.81. The van der Waals surface area contributed by atoms with E-state index in [9.17, 15) is 0 Å². The predicted octanol–water partition coefficient (Wildman–Crippen LogP) is 3.87. The Kier molecular flexibility index (Phi) is 5.69. The maximum atomic E-state index is 9.05. The highest BCUT2D eigenvalue weighted by atomic mass is 35.5. The van der Waals surface area contributed by atoms with Crippen LogP contribution in [0.25, 0.3) is 11.0 Å². The summed E-state index contributed by atoms with van der Waals surface area (Å²) in [5.41, 5.74) is 10.2. The van der Waals surface area contributed by atoms with Crippen molar-refractivity contribution in [2.75, 3.05) is 18.0 Å². The number of nitrogens with two attached hydrogens (primary N) is 1. The zero-order valence-electron chi connectivity index (χ0n) is 15.4. The minimum atomic E-state index is 0. The molecule has 3 aromatic rings. The molecule has 2 N–H and O–H groups in total. The van der Waals surface area contributed by atoms with Crippen molar-refractivity contribution < 1.29 is 0 Å². The number of nitrogens with zero attached hydrogens (tertiary/aromatic N) is 4. The molecule has 1 fully saturated rings. The van der Waals surface area contributed by atoms with E-state index < -0.39 is 0 Å². The van der Waals surface area contributed by atoms with Crippen LogP contribution < -0.4 is 10.6 Å². The first-order valence-electron chi connectivity index (χ1n) is 9.15. The number of rotatable bonds is 3. The van der Waals surface area contributed by atoms with Crippen molar-refractivity contribution in [3.8, 4) is 6.07 Å². The van der Waals surface area contributed by atoms with Gasteiger partial charge in [-0.2, -0.15) is 5.26 Å². The Hall–Kier alpha value is -2.55. The molecule has 1 saturated heterocycles. The Bertz CT molecular complexity index is 957. The van der Waals surface area contributed by atoms with Crippen molar-refractivity contribution in [3.63, 3.8) is 0 Å². The topological polar surface area (TPSA) is 70.9 Å². The summed E-state index contributed by atoms with van der Waals surface area (Å²) in [6.07, 6.45) is 2.16. The molecule has 1 aliphatic heterocycles. The quantitative estimate of drug-likeness (QED) is 0.747. The minimum absolute atomic E-state index is 0. The molecule has 0 saturated carbocycles. The lowest BCUT2D eigenvalue weighted by Crippen LogP contribution is -2.44. The number of aromatic nitrogens is 2. The smallest absolute Gasteiger partial charge is 0.207 e. The van der Waals surface area contributed by atoms with Crippen molar-refractivity contribution >= 4 is 29.4 Å². The van der Waals surface area contributed by atoms with Crippen LogP contribution in [-0.4, -0.2) is 28.7 Å². The molecule has 4 rings (SSSR count). The van der Waals surface area contributed by atoms with E-state index in [1.54, 1.807) is 0 Å². The molecule has 1 aliphatic rings. The maximum Gasteiger partial charge on any atom is 0.207 e. The van der Waals surface area contributed by atoms with Gasteiger partial charge in [-0.25, -0.2) is 4.98 Å². The summed E-state index contributed by atoms with van der Waals surface area (Å²) in [6, 6.07) is 18.6. The number of hydrogen-bond donors (Lipinski definition) is 1. The molecule has 1 aromatic heterocycles. The first-order valence-corrected chi connectivity index (χ1v) is 9.15. The Morgan fingerprint density at radius 3 is 2.63 bits per heavy atom. The number of anilines is 1. The maximum absolute atomic E-state index is 9.05. The summed E-state index contributed by atoms with van der Waals surface area (Å²) >= 11 is 0. The van der Waals surface area contributed by atoms with E-state index >= 15 is 0 Å². The molecular weight excluding hydrogens is 358 g/mol. The van der Waals surface area contributed by atoms with Crippen LogP contribution in [0, 0.1) is 11.3 Å². The zero-order valence-corrected chi connectivity index (χ0v) is 16.2. The van der Waals surface area contributed by atoms with E-state index in [4.69, 9.17) is 16.0 Å². The largest absolute Gasteiger partial charge is 0.341 e. The summed E-state index contributed by atoms with van der Waals surface area (Å²) < 4.78 is 2.30. The fourth-order valence-electron chi connectivity index (χ4n) is 3.81. The summed E-state index contributed by atoms with van der Waals surface area (Å²) in [6.45, 7) is 4.00. The van der Waals surface area contributed by atoms with Gasteiger partial charge in [0.1, 0.15) is 0 Å². The lowest BCUT2D eigenvalue weighted by atomic mass is 10.1. The van der Waals surface area contributed by atoms with E-state index in [2.05, 4.69) is 40.7 Å². The monoisotopic (exact) mass is 381 g/mol. The lowest BCUT2D eigenvalue weighted by Gasteiger charge is -2.33. The van der Waals surface area contributed by atoms with Crippen molar-refractivity contribution in [2.24, 2.45) is 5.73 Å². The molecule has 27 heavy (non-hydrogen) atoms. The highest BCUT2D eigenvalue weighted by Crippen LogP contribution is 2.31. The summed E-state index contributed by atoms with van der Waals surface area (Å²) in [7, 11) is 0. The van der Waals surface area contributed by atoms with Crippen LogP contribution in [-0.2, 0) is 0 Å². The number of fused-ring (bicyclic) bond motifs is 1. The van der Waals surface area contributed by atoms with Gasteiger partial charge >= 0.3 is 0 Å². The average Bonchev–Trinajstić information content (AvgIpc) is 3.07. The van der Waals surface area contributed by atoms with Gasteiger partial charge in [0.2, 0.25) is 5.95 Å². The van der Waals surface area contributed by atoms with Crippen molar-refractivity contribution in [3.05, 3.63) is 59.7 Å². The second-order valence-corrected chi connectivity index (χ2v) is 7.03. The Morgan fingerprint density at radius 2 is 1.93 bits per heavy atom. The van der Waals surface area contributed by atoms with Gasteiger partial charge in [0.25, 0.3) is 0 Å². The second kappa shape index (κ2) is 7.99. The zero-order chi connectivity index (χ0) is 18.1. The van der Waals surface area contributed by atoms with Gasteiger partial charge in [-0.05, 0) is 49.6 Å². The third kappa shape index (κ3) is 3.64. The average molecular weight is 382 g/mol. The molecule has 140 valence electrons. The van der Waals surface area contributed by atoms with Crippen LogP contribution >= 0.6 is 12.4 Å². The molecule has 0 spiro atoms. The molecule has 6 heteroatoms. The van der Waals surface area contributed by atoms with Crippen LogP contribution in [0.4, 0.5) is 5.95 Å². The van der Waals surface area contributed by atoms with Crippen molar-refractivity contribution in [1.82, 2.24) is 9.55 Å². The van der Waals surface area contributed by atoms with Gasteiger partial charge < -0.3 is 15.2 Å². The molecular formula is C21H24ClN5. The molecule has 0 radical (unpaired) electrons. The van der Waals surface area contributed by atoms with Crippen LogP contribution in [0.3, 0.4) is 0 Å². The number of imidazole rings is 1. The highest BCUT2D eigenvalue weighted by Gasteiger charge is 2.25. The summed E-state index contributed by atoms with van der Waals surface area (Å²) in [4.78, 5) is 7.25. The SMILES string of the molecule is C[C@@H](c1ccc(C#N)cc1)n1c(N2CCCC(N)C2)nc2ccccc21.Cl. The van der Waals surface area contributed by atoms with Crippen LogP contribution in [0.5, 0.6) is 0 Å². The second-order valence-electron chi connectivity index (χ2n) is 7.03. The number of piperidine rings is 1. The van der Waals surface area contributed by atoms with Gasteiger partial charge in [0.05, 0.1) is 28.7 Å². The first-order chi connectivity index (χ1) is 12.7. The molecule has 2 heterocycles. The van der Waals surface area contributed by atoms with E-state index in [1.807, 2.05) is 30.3 Å². The number of benzene rings is 2. The van der Waals surface area contributed by atoms with Crippen LogP contribution in [0.1, 0.15) is 36.9 Å². The van der Waals surface area contributed by atoms with Gasteiger partial charge in [-0.3, -0.25) is 0 Å². The summed E-state index contributed by atoms with van der Waals surface area (Å²) in [5.74, 6) is 0.984. The van der Waals surface area contributed by atoms with Gasteiger partial charge in [0.15, 0.2) is 0 Å². The normalized spacial score (nSPS) is 18.0. The molecule has 1 unspecified atom stereocenters. The number of para-hydroxylation sites is 2. The lowest BCUT2D eigenvalue weighted by molar-refractivity contribution is 0.490. The Morgan fingerprint density at radius 1 is 1.19 bits per heavy atom. The number of hydrogen-bond acceptors (Lipinski definition) is 4. The standard InChI is InChI=1S/C21H23N5.ClH/c1-15(17-10-8-16(13-22)9-11-17)26-20-7-3-2-6-19(20)24-21(26)25-12-4-5-18(23)14-25;/h2-3,6-11,15,18H,4-5,12,14,23H2,1H3;1H/t15-,18?;/m0./s1. The molecule has 5 nitrogen and oxygen atoms in total. The Balaban J connectivity index is 0.00000210. The van der Waals surface area contributed by atoms with E-state index in [-0.39, 0.29) is 24.5 Å². The van der Waals surface area contributed by atoms with Gasteiger partial charge in [-0.1, -0.05) is 24.3 Å². The molecule has 0 amide bonds. The first kappa shape index (κ1) is 19.2. The minimum Gasteiger partial charge on any atom is -0.341 e. The number of nitriles is 1. The van der Waals surface area contributed by atoms with Crippen LogP contribution in [0.2, 0.25) is 0 Å². The van der Waals surface area contributed by atoms with Crippen molar-refractivity contribution in [1.29, 1.82) is 5.26 Å². The van der Waals surface area contributed by atoms with E-state index in [1.165, 1.54) is 0 Å². The Labute approximate surface area is 165 Å². The third-order valence-corrected chi connectivity index (χ3v) is 5.23. The highest BCUT2D eigenvalue weighted by molar-refractivity contribution is 5.85. The van der Waals surface area contributed by atoms with Gasteiger partial charge in [0, 0.05) is 19.1 Å². The van der Waals surface area contributed by atoms with Crippen molar-refractivity contribution in [2.45, 2.75) is 31.8 Å². The number of halogens is 1. The molecule has 2 aromatic carbocycles. The predicted molar refractivity (Wildman–Crippen MR) is 111 cm³/mol.